The van der Waals surface area contributed by atoms with Crippen molar-refractivity contribution >= 4 is 11.4 Å². The molecule has 0 saturated heterocycles. The summed E-state index contributed by atoms with van der Waals surface area (Å²) in [5.74, 6) is 0. The number of rotatable bonds is 4. The summed E-state index contributed by atoms with van der Waals surface area (Å²) in [4.78, 5) is 0. The molecule has 10 heteroatoms. The molecule has 92 valence electrons. The monoisotopic (exact) mass is 259 g/mol. The molecule has 1 atom stereocenters. The minimum atomic E-state index is -4.92. The normalized spacial score (nSPS) is 15.7. The quantitative estimate of drug-likeness (QED) is 0.573. The Bertz CT molecular complexity index is 208. The van der Waals surface area contributed by atoms with Gasteiger partial charge in [-0.15, -0.1) is 0 Å². The maximum atomic E-state index is 11.7. The van der Waals surface area contributed by atoms with Crippen LogP contribution in [0.25, 0.3) is 0 Å². The summed E-state index contributed by atoms with van der Waals surface area (Å²) in [6, 6.07) is 0. The molecule has 0 radical (unpaired) electrons. The lowest BCUT2D eigenvalue weighted by molar-refractivity contribution is -0.180. The van der Waals surface area contributed by atoms with E-state index in [2.05, 4.69) is 4.18 Å². The fourth-order valence-electron chi connectivity index (χ4n) is 0.768. The third-order valence-electron chi connectivity index (χ3n) is 1.13. The molecule has 0 heterocycles. The van der Waals surface area contributed by atoms with Crippen LogP contribution in [0.1, 0.15) is 12.8 Å². The van der Waals surface area contributed by atoms with Gasteiger partial charge in [0.2, 0.25) is 0 Å². The highest BCUT2D eigenvalue weighted by atomic mass is 32.2. The zero-order valence-corrected chi connectivity index (χ0v) is 7.71. The van der Waals surface area contributed by atoms with E-state index in [1.807, 2.05) is 0 Å². The molecule has 3 nitrogen and oxygen atoms in total. The van der Waals surface area contributed by atoms with E-state index in [1.165, 1.54) is 0 Å². The molecule has 15 heavy (non-hydrogen) atoms. The Kier molecular flexibility index (Phi) is 5.00. The summed E-state index contributed by atoms with van der Waals surface area (Å²) in [6.07, 6.45) is -16.3. The van der Waals surface area contributed by atoms with E-state index in [4.69, 9.17) is 0 Å². The van der Waals surface area contributed by atoms with Crippen LogP contribution in [0.15, 0.2) is 0 Å². The molecule has 0 bridgehead atoms. The zero-order valence-electron chi connectivity index (χ0n) is 6.89. The van der Waals surface area contributed by atoms with Crippen molar-refractivity contribution in [2.24, 2.45) is 0 Å². The molecule has 0 aliphatic heterocycles. The summed E-state index contributed by atoms with van der Waals surface area (Å²) in [7, 11) is 0. The smallest absolute Gasteiger partial charge is 0.391 e. The van der Waals surface area contributed by atoms with Crippen LogP contribution in [-0.4, -0.2) is 27.2 Å². The maximum Gasteiger partial charge on any atom is 0.391 e. The van der Waals surface area contributed by atoms with Gasteiger partial charge in [-0.25, -0.2) is 4.21 Å². The highest BCUT2D eigenvalue weighted by Gasteiger charge is 2.39. The minimum absolute atomic E-state index is 1.97. The van der Waals surface area contributed by atoms with Crippen LogP contribution in [0.4, 0.5) is 26.3 Å². The van der Waals surface area contributed by atoms with Crippen LogP contribution >= 0.6 is 0 Å². The summed E-state index contributed by atoms with van der Waals surface area (Å²) >= 11 is -3.42. The molecule has 1 unspecified atom stereocenters. The molecular formula is C5H5F6O3S-. The number of hydrogen-bond acceptors (Lipinski definition) is 3. The lowest BCUT2D eigenvalue weighted by Gasteiger charge is -2.20. The van der Waals surface area contributed by atoms with E-state index in [0.29, 0.717) is 0 Å². The first-order valence-electron chi connectivity index (χ1n) is 3.39. The van der Waals surface area contributed by atoms with Gasteiger partial charge in [-0.3, -0.25) is 4.18 Å². The second-order valence-corrected chi connectivity index (χ2v) is 3.16. The van der Waals surface area contributed by atoms with Crippen LogP contribution in [0, 0.1) is 0 Å². The van der Waals surface area contributed by atoms with Crippen LogP contribution in [0.3, 0.4) is 0 Å². The molecule has 0 saturated carbocycles. The first-order valence-corrected chi connectivity index (χ1v) is 4.39. The minimum Gasteiger partial charge on any atom is -0.750 e. The first kappa shape index (κ1) is 14.6. The van der Waals surface area contributed by atoms with Gasteiger partial charge in [-0.2, -0.15) is 26.3 Å². The molecule has 0 aromatic heterocycles. The lowest BCUT2D eigenvalue weighted by atomic mass is 10.2. The van der Waals surface area contributed by atoms with Gasteiger partial charge in [-0.1, -0.05) is 0 Å². The summed E-state index contributed by atoms with van der Waals surface area (Å²) in [5, 5.41) is 0. The summed E-state index contributed by atoms with van der Waals surface area (Å²) < 4.78 is 93.2. The Labute approximate surface area is 82.9 Å². The predicted molar refractivity (Wildman–Crippen MR) is 35.1 cm³/mol. The molecule has 0 amide bonds. The van der Waals surface area contributed by atoms with Crippen LogP contribution in [0.2, 0.25) is 0 Å². The Morgan fingerprint density at radius 2 is 1.40 bits per heavy atom. The number of alkyl halides is 6. The molecule has 0 rings (SSSR count). The Balaban J connectivity index is 4.39. The van der Waals surface area contributed by atoms with Gasteiger partial charge in [0.1, 0.15) is 0 Å². The zero-order chi connectivity index (χ0) is 12.3. The van der Waals surface area contributed by atoms with E-state index < -0.39 is 42.7 Å². The predicted octanol–water partition coefficient (Wildman–Crippen LogP) is 2.07. The van der Waals surface area contributed by atoms with Gasteiger partial charge < -0.3 is 4.55 Å². The Morgan fingerprint density at radius 3 is 1.60 bits per heavy atom. The molecule has 0 aliphatic carbocycles. The molecule has 0 aromatic rings. The van der Waals surface area contributed by atoms with Crippen molar-refractivity contribution in [2.45, 2.75) is 31.3 Å². The van der Waals surface area contributed by atoms with Crippen LogP contribution < -0.4 is 0 Å². The van der Waals surface area contributed by atoms with E-state index in [0.717, 1.165) is 0 Å². The van der Waals surface area contributed by atoms with Gasteiger partial charge in [0.05, 0.1) is 30.3 Å². The van der Waals surface area contributed by atoms with Gasteiger partial charge in [0, 0.05) is 0 Å². The van der Waals surface area contributed by atoms with Gasteiger partial charge in [0.25, 0.3) is 0 Å². The fourth-order valence-corrected chi connectivity index (χ4v) is 1.13. The third-order valence-corrected chi connectivity index (χ3v) is 1.56. The van der Waals surface area contributed by atoms with Crippen LogP contribution in [0.5, 0.6) is 0 Å². The van der Waals surface area contributed by atoms with Crippen molar-refractivity contribution in [2.75, 3.05) is 0 Å². The van der Waals surface area contributed by atoms with Gasteiger partial charge in [-0.05, 0) is 0 Å². The van der Waals surface area contributed by atoms with Crippen molar-refractivity contribution in [3.63, 3.8) is 0 Å². The second kappa shape index (κ2) is 5.12. The van der Waals surface area contributed by atoms with Crippen molar-refractivity contribution in [3.05, 3.63) is 0 Å². The Hall–Kier alpha value is -0.350. The maximum absolute atomic E-state index is 11.7. The molecule has 0 aromatic carbocycles. The van der Waals surface area contributed by atoms with Crippen molar-refractivity contribution in [1.29, 1.82) is 0 Å². The summed E-state index contributed by atoms with van der Waals surface area (Å²) in [6.45, 7) is 0. The topological polar surface area (TPSA) is 49.4 Å². The van der Waals surface area contributed by atoms with E-state index in [-0.39, 0.29) is 0 Å². The SMILES string of the molecule is O=S([O-])OC(CC(F)(F)F)CC(F)(F)F. The highest BCUT2D eigenvalue weighted by molar-refractivity contribution is 7.74. The van der Waals surface area contributed by atoms with Crippen molar-refractivity contribution in [1.82, 2.24) is 0 Å². The molecule has 0 fully saturated rings. The number of halogens is 6. The van der Waals surface area contributed by atoms with Crippen LogP contribution in [-0.2, 0) is 15.5 Å². The molecule has 0 N–H and O–H groups in total. The van der Waals surface area contributed by atoms with Gasteiger partial charge in [0.15, 0.2) is 0 Å². The first-order chi connectivity index (χ1) is 6.49. The number of hydrogen-bond donors (Lipinski definition) is 0. The summed E-state index contributed by atoms with van der Waals surface area (Å²) in [5.41, 5.74) is 0. The standard InChI is InChI=1S/C5H6F6O3S/c6-4(7,8)1-3(14-15(12)13)2-5(9,10)11/h3H,1-2H2,(H,12,13)/p-1. The fraction of sp³-hybridized carbons (Fsp3) is 1.00. The second-order valence-electron chi connectivity index (χ2n) is 2.56. The van der Waals surface area contributed by atoms with E-state index >= 15 is 0 Å². The third kappa shape index (κ3) is 9.94. The van der Waals surface area contributed by atoms with E-state index in [9.17, 15) is 35.1 Å². The lowest BCUT2D eigenvalue weighted by Crippen LogP contribution is -2.28. The van der Waals surface area contributed by atoms with E-state index in [1.54, 1.807) is 0 Å². The average molecular weight is 259 g/mol. The molecular weight excluding hydrogens is 254 g/mol. The highest BCUT2D eigenvalue weighted by Crippen LogP contribution is 2.30. The van der Waals surface area contributed by atoms with Crippen molar-refractivity contribution in [3.8, 4) is 0 Å². The molecule has 0 aliphatic rings. The molecule has 0 spiro atoms. The largest absolute Gasteiger partial charge is 0.750 e. The van der Waals surface area contributed by atoms with Gasteiger partial charge >= 0.3 is 12.4 Å². The van der Waals surface area contributed by atoms with Crippen molar-refractivity contribution < 1.29 is 39.3 Å². The Morgan fingerprint density at radius 1 is 1.07 bits per heavy atom. The average Bonchev–Trinajstić information content (AvgIpc) is 1.73.